The van der Waals surface area contributed by atoms with E-state index in [-0.39, 0.29) is 17.8 Å². The molecule has 31 heavy (non-hydrogen) atoms. The first-order valence-corrected chi connectivity index (χ1v) is 10.1. The molecule has 6 heteroatoms. The number of aromatic nitrogens is 2. The van der Waals surface area contributed by atoms with Gasteiger partial charge >= 0.3 is 0 Å². The first kappa shape index (κ1) is 19.1. The summed E-state index contributed by atoms with van der Waals surface area (Å²) in [6.07, 6.45) is 2.40. The molecule has 0 saturated heterocycles. The SMILES string of the molecule is O=C(N[C@H]1CCOc2ccccc21)c1cn(-c2ccccc2)nc1-c1ccc(F)cc1. The van der Waals surface area contributed by atoms with Crippen molar-refractivity contribution in [1.82, 2.24) is 15.1 Å². The number of nitrogens with zero attached hydrogens (tertiary/aromatic N) is 2. The molecule has 0 spiro atoms. The van der Waals surface area contributed by atoms with Crippen LogP contribution in [-0.2, 0) is 0 Å². The van der Waals surface area contributed by atoms with Crippen LogP contribution in [0.25, 0.3) is 16.9 Å². The molecule has 1 N–H and O–H groups in total. The van der Waals surface area contributed by atoms with Crippen molar-refractivity contribution < 1.29 is 13.9 Å². The Hall–Kier alpha value is -3.93. The highest BCUT2D eigenvalue weighted by Gasteiger charge is 2.26. The summed E-state index contributed by atoms with van der Waals surface area (Å²) in [5, 5.41) is 7.78. The minimum Gasteiger partial charge on any atom is -0.493 e. The van der Waals surface area contributed by atoms with Gasteiger partial charge in [-0.05, 0) is 42.5 Å². The van der Waals surface area contributed by atoms with Crippen LogP contribution in [0, 0.1) is 5.82 Å². The third kappa shape index (κ3) is 3.80. The molecule has 1 atom stereocenters. The number of amides is 1. The van der Waals surface area contributed by atoms with Crippen LogP contribution in [0.4, 0.5) is 4.39 Å². The predicted molar refractivity (Wildman–Crippen MR) is 116 cm³/mol. The Kier molecular flexibility index (Phi) is 4.96. The molecule has 1 aliphatic rings. The lowest BCUT2D eigenvalue weighted by molar-refractivity contribution is 0.0925. The van der Waals surface area contributed by atoms with E-state index in [9.17, 15) is 9.18 Å². The number of para-hydroxylation sites is 2. The number of fused-ring (bicyclic) bond motifs is 1. The molecule has 1 aliphatic heterocycles. The van der Waals surface area contributed by atoms with E-state index in [1.807, 2.05) is 54.6 Å². The van der Waals surface area contributed by atoms with Crippen molar-refractivity contribution in [1.29, 1.82) is 0 Å². The molecule has 1 amide bonds. The Morgan fingerprint density at radius 2 is 1.74 bits per heavy atom. The standard InChI is InChI=1S/C25H20FN3O2/c26-18-12-10-17(11-13-18)24-21(16-29(28-24)19-6-2-1-3-7-19)25(30)27-22-14-15-31-23-9-5-4-8-20(22)23/h1-13,16,22H,14-15H2,(H,27,30)/t22-/m0/s1. The number of carbonyl (C=O) groups excluding carboxylic acids is 1. The van der Waals surface area contributed by atoms with Crippen molar-refractivity contribution in [3.63, 3.8) is 0 Å². The number of carbonyl (C=O) groups is 1. The summed E-state index contributed by atoms with van der Waals surface area (Å²) in [6, 6.07) is 23.1. The van der Waals surface area contributed by atoms with Crippen molar-refractivity contribution in [3.05, 3.63) is 102 Å². The molecule has 0 aliphatic carbocycles. The van der Waals surface area contributed by atoms with Crippen LogP contribution in [0.3, 0.4) is 0 Å². The van der Waals surface area contributed by atoms with E-state index in [4.69, 9.17) is 4.74 Å². The Labute approximate surface area is 179 Å². The van der Waals surface area contributed by atoms with Gasteiger partial charge in [0.05, 0.1) is 23.9 Å². The van der Waals surface area contributed by atoms with Crippen molar-refractivity contribution in [3.8, 4) is 22.7 Å². The fourth-order valence-corrected chi connectivity index (χ4v) is 3.80. The Bertz CT molecular complexity index is 1220. The molecule has 4 aromatic rings. The summed E-state index contributed by atoms with van der Waals surface area (Å²) in [7, 11) is 0. The third-order valence-electron chi connectivity index (χ3n) is 5.36. The van der Waals surface area contributed by atoms with Gasteiger partial charge in [0.15, 0.2) is 0 Å². The Morgan fingerprint density at radius 1 is 1.00 bits per heavy atom. The van der Waals surface area contributed by atoms with Gasteiger partial charge in [-0.1, -0.05) is 36.4 Å². The molecule has 2 heterocycles. The lowest BCUT2D eigenvalue weighted by Gasteiger charge is -2.26. The van der Waals surface area contributed by atoms with Crippen LogP contribution in [0.1, 0.15) is 28.4 Å². The highest BCUT2D eigenvalue weighted by atomic mass is 19.1. The molecular weight excluding hydrogens is 393 g/mol. The van der Waals surface area contributed by atoms with E-state index in [1.165, 1.54) is 12.1 Å². The van der Waals surface area contributed by atoms with Gasteiger partial charge < -0.3 is 10.1 Å². The predicted octanol–water partition coefficient (Wildman–Crippen LogP) is 4.93. The van der Waals surface area contributed by atoms with E-state index >= 15 is 0 Å². The maximum absolute atomic E-state index is 13.5. The van der Waals surface area contributed by atoms with Gasteiger partial charge in [-0.25, -0.2) is 9.07 Å². The Morgan fingerprint density at radius 3 is 2.55 bits per heavy atom. The van der Waals surface area contributed by atoms with E-state index in [0.29, 0.717) is 29.8 Å². The average Bonchev–Trinajstić information content (AvgIpc) is 3.26. The summed E-state index contributed by atoms with van der Waals surface area (Å²) < 4.78 is 20.8. The maximum atomic E-state index is 13.5. The lowest BCUT2D eigenvalue weighted by atomic mass is 10.00. The largest absolute Gasteiger partial charge is 0.493 e. The molecule has 3 aromatic carbocycles. The smallest absolute Gasteiger partial charge is 0.255 e. The van der Waals surface area contributed by atoms with Crippen molar-refractivity contribution in [2.75, 3.05) is 6.61 Å². The molecule has 0 fully saturated rings. The fourth-order valence-electron chi connectivity index (χ4n) is 3.80. The first-order valence-electron chi connectivity index (χ1n) is 10.1. The average molecular weight is 413 g/mol. The molecule has 5 rings (SSSR count). The number of nitrogens with one attached hydrogen (secondary N) is 1. The fraction of sp³-hybridized carbons (Fsp3) is 0.120. The van der Waals surface area contributed by atoms with Crippen LogP contribution in [-0.4, -0.2) is 22.3 Å². The summed E-state index contributed by atoms with van der Waals surface area (Å²) in [4.78, 5) is 13.3. The topological polar surface area (TPSA) is 56.1 Å². The zero-order valence-electron chi connectivity index (χ0n) is 16.7. The van der Waals surface area contributed by atoms with Gasteiger partial charge in [0.25, 0.3) is 5.91 Å². The third-order valence-corrected chi connectivity index (χ3v) is 5.36. The maximum Gasteiger partial charge on any atom is 0.255 e. The second kappa shape index (κ2) is 8.07. The van der Waals surface area contributed by atoms with Crippen LogP contribution < -0.4 is 10.1 Å². The van der Waals surface area contributed by atoms with Gasteiger partial charge in [-0.15, -0.1) is 0 Å². The van der Waals surface area contributed by atoms with Gasteiger partial charge in [-0.3, -0.25) is 4.79 Å². The number of hydrogen-bond donors (Lipinski definition) is 1. The Balaban J connectivity index is 1.52. The van der Waals surface area contributed by atoms with Crippen LogP contribution >= 0.6 is 0 Å². The minimum absolute atomic E-state index is 0.154. The van der Waals surface area contributed by atoms with E-state index in [2.05, 4.69) is 10.4 Å². The molecular formula is C25H20FN3O2. The van der Waals surface area contributed by atoms with E-state index < -0.39 is 0 Å². The summed E-state index contributed by atoms with van der Waals surface area (Å²) in [5.41, 5.74) is 3.40. The summed E-state index contributed by atoms with van der Waals surface area (Å²) in [6.45, 7) is 0.538. The zero-order valence-corrected chi connectivity index (χ0v) is 16.7. The van der Waals surface area contributed by atoms with Gasteiger partial charge in [-0.2, -0.15) is 5.10 Å². The monoisotopic (exact) mass is 413 g/mol. The summed E-state index contributed by atoms with van der Waals surface area (Å²) >= 11 is 0. The highest BCUT2D eigenvalue weighted by Crippen LogP contribution is 2.32. The molecule has 0 unspecified atom stereocenters. The number of rotatable bonds is 4. The van der Waals surface area contributed by atoms with Gasteiger partial charge in [0.2, 0.25) is 0 Å². The van der Waals surface area contributed by atoms with Gasteiger partial charge in [0, 0.05) is 23.7 Å². The second-order valence-corrected chi connectivity index (χ2v) is 7.38. The number of hydrogen-bond acceptors (Lipinski definition) is 3. The number of ether oxygens (including phenoxy) is 1. The number of benzene rings is 3. The van der Waals surface area contributed by atoms with Crippen molar-refractivity contribution >= 4 is 5.91 Å². The molecule has 5 nitrogen and oxygen atoms in total. The first-order chi connectivity index (χ1) is 15.2. The number of halogens is 1. The molecule has 154 valence electrons. The second-order valence-electron chi connectivity index (χ2n) is 7.38. The van der Waals surface area contributed by atoms with Crippen molar-refractivity contribution in [2.45, 2.75) is 12.5 Å². The zero-order chi connectivity index (χ0) is 21.2. The van der Waals surface area contributed by atoms with Crippen LogP contribution in [0.15, 0.2) is 85.1 Å². The lowest BCUT2D eigenvalue weighted by Crippen LogP contribution is -2.32. The normalized spacial score (nSPS) is 15.1. The molecule has 0 saturated carbocycles. The molecule has 1 aromatic heterocycles. The van der Waals surface area contributed by atoms with Gasteiger partial charge in [0.1, 0.15) is 17.3 Å². The van der Waals surface area contributed by atoms with E-state index in [0.717, 1.165) is 17.0 Å². The van der Waals surface area contributed by atoms with Crippen LogP contribution in [0.2, 0.25) is 0 Å². The molecule has 0 bridgehead atoms. The summed E-state index contributed by atoms with van der Waals surface area (Å²) in [5.74, 6) is 0.219. The minimum atomic E-state index is -0.337. The highest BCUT2D eigenvalue weighted by molar-refractivity contribution is 6.00. The molecule has 0 radical (unpaired) electrons. The van der Waals surface area contributed by atoms with E-state index in [1.54, 1.807) is 23.0 Å². The quantitative estimate of drug-likeness (QED) is 0.516. The van der Waals surface area contributed by atoms with Crippen LogP contribution in [0.5, 0.6) is 5.75 Å². The van der Waals surface area contributed by atoms with Crippen molar-refractivity contribution in [2.24, 2.45) is 0 Å².